The Morgan fingerprint density at radius 1 is 1.40 bits per heavy atom. The van der Waals surface area contributed by atoms with Crippen molar-refractivity contribution < 1.29 is 19.4 Å². The lowest BCUT2D eigenvalue weighted by Crippen LogP contribution is -2.00. The number of hydrogen-bond acceptors (Lipinski definition) is 6. The number of methoxy groups -OCH3 is 1. The predicted octanol–water partition coefficient (Wildman–Crippen LogP) is 3.16. The second kappa shape index (κ2) is 5.87. The molecular weight excluding hydrogens is 280 g/mol. The van der Waals surface area contributed by atoms with Gasteiger partial charge in [0, 0.05) is 23.5 Å². The molecule has 1 aromatic carbocycles. The standard InChI is InChI=1S/C13H14N2O4S/c1-7(2)11-14-13(20-15-11)19-10-6-8(18-3)4-5-9(10)12(16)17/h4-7H,1-3H3,(H,16,17). The molecule has 2 rings (SSSR count). The molecule has 1 aromatic heterocycles. The van der Waals surface area contributed by atoms with Crippen molar-refractivity contribution in [1.82, 2.24) is 9.36 Å². The second-order valence-electron chi connectivity index (χ2n) is 4.34. The number of aromatic carboxylic acids is 1. The van der Waals surface area contributed by atoms with Crippen LogP contribution < -0.4 is 9.47 Å². The minimum atomic E-state index is -1.07. The van der Waals surface area contributed by atoms with E-state index in [9.17, 15) is 4.79 Å². The first-order chi connectivity index (χ1) is 9.51. The largest absolute Gasteiger partial charge is 0.497 e. The summed E-state index contributed by atoms with van der Waals surface area (Å²) >= 11 is 1.09. The maximum Gasteiger partial charge on any atom is 0.339 e. The second-order valence-corrected chi connectivity index (χ2v) is 5.06. The van der Waals surface area contributed by atoms with Crippen molar-refractivity contribution in [1.29, 1.82) is 0 Å². The molecule has 1 N–H and O–H groups in total. The fraction of sp³-hybridized carbons (Fsp3) is 0.308. The molecule has 0 aliphatic carbocycles. The Morgan fingerprint density at radius 3 is 2.70 bits per heavy atom. The Bertz CT molecular complexity index is 625. The van der Waals surface area contributed by atoms with Crippen LogP contribution in [-0.4, -0.2) is 27.5 Å². The first-order valence-corrected chi connectivity index (χ1v) is 6.71. The van der Waals surface area contributed by atoms with Gasteiger partial charge in [-0.1, -0.05) is 13.8 Å². The zero-order chi connectivity index (χ0) is 14.7. The molecule has 0 spiro atoms. The van der Waals surface area contributed by atoms with Gasteiger partial charge in [0.2, 0.25) is 0 Å². The quantitative estimate of drug-likeness (QED) is 0.912. The monoisotopic (exact) mass is 294 g/mol. The number of benzene rings is 1. The summed E-state index contributed by atoms with van der Waals surface area (Å²) < 4.78 is 14.7. The van der Waals surface area contributed by atoms with E-state index < -0.39 is 5.97 Å². The molecule has 0 atom stereocenters. The van der Waals surface area contributed by atoms with Crippen LogP contribution in [0.15, 0.2) is 18.2 Å². The maximum absolute atomic E-state index is 11.2. The van der Waals surface area contributed by atoms with Crippen molar-refractivity contribution in [3.05, 3.63) is 29.6 Å². The van der Waals surface area contributed by atoms with Crippen LogP contribution in [0.4, 0.5) is 0 Å². The number of hydrogen-bond donors (Lipinski definition) is 1. The van der Waals surface area contributed by atoms with E-state index in [0.717, 1.165) is 11.5 Å². The van der Waals surface area contributed by atoms with E-state index in [0.29, 0.717) is 16.8 Å². The molecule has 106 valence electrons. The van der Waals surface area contributed by atoms with Crippen LogP contribution in [0, 0.1) is 0 Å². The first-order valence-electron chi connectivity index (χ1n) is 5.94. The molecular formula is C13H14N2O4S. The van der Waals surface area contributed by atoms with Crippen LogP contribution in [0.5, 0.6) is 16.7 Å². The minimum Gasteiger partial charge on any atom is -0.497 e. The smallest absolute Gasteiger partial charge is 0.339 e. The first kappa shape index (κ1) is 14.3. The van der Waals surface area contributed by atoms with E-state index in [1.54, 1.807) is 6.07 Å². The van der Waals surface area contributed by atoms with Crippen molar-refractivity contribution in [3.63, 3.8) is 0 Å². The Hall–Kier alpha value is -2.15. The number of aromatic nitrogens is 2. The van der Waals surface area contributed by atoms with Gasteiger partial charge in [-0.2, -0.15) is 9.36 Å². The van der Waals surface area contributed by atoms with E-state index in [4.69, 9.17) is 14.6 Å². The van der Waals surface area contributed by atoms with Crippen LogP contribution in [0.3, 0.4) is 0 Å². The van der Waals surface area contributed by atoms with Crippen LogP contribution in [0.25, 0.3) is 0 Å². The molecule has 1 heterocycles. The molecule has 0 unspecified atom stereocenters. The summed E-state index contributed by atoms with van der Waals surface area (Å²) in [6.07, 6.45) is 0. The molecule has 20 heavy (non-hydrogen) atoms. The highest BCUT2D eigenvalue weighted by Gasteiger charge is 2.16. The SMILES string of the molecule is COc1ccc(C(=O)O)c(Oc2nc(C(C)C)ns2)c1. The third kappa shape index (κ3) is 3.05. The van der Waals surface area contributed by atoms with Crippen LogP contribution in [-0.2, 0) is 0 Å². The van der Waals surface area contributed by atoms with Gasteiger partial charge in [0.15, 0.2) is 0 Å². The number of carboxylic acid groups (broad SMARTS) is 1. The molecule has 0 amide bonds. The van der Waals surface area contributed by atoms with Gasteiger partial charge < -0.3 is 14.6 Å². The van der Waals surface area contributed by atoms with E-state index in [2.05, 4.69) is 9.36 Å². The van der Waals surface area contributed by atoms with Crippen LogP contribution >= 0.6 is 11.5 Å². The summed E-state index contributed by atoms with van der Waals surface area (Å²) in [4.78, 5) is 15.4. The van der Waals surface area contributed by atoms with E-state index in [1.807, 2.05) is 13.8 Å². The highest BCUT2D eigenvalue weighted by Crippen LogP contribution is 2.31. The Kier molecular flexibility index (Phi) is 4.19. The van der Waals surface area contributed by atoms with Crippen molar-refractivity contribution in [2.45, 2.75) is 19.8 Å². The summed E-state index contributed by atoms with van der Waals surface area (Å²) in [7, 11) is 1.50. The Morgan fingerprint density at radius 2 is 2.15 bits per heavy atom. The topological polar surface area (TPSA) is 81.5 Å². The molecule has 0 aliphatic rings. The van der Waals surface area contributed by atoms with Gasteiger partial charge in [-0.15, -0.1) is 0 Å². The normalized spacial score (nSPS) is 10.6. The number of carboxylic acids is 1. The van der Waals surface area contributed by atoms with Gasteiger partial charge in [0.1, 0.15) is 22.9 Å². The van der Waals surface area contributed by atoms with Gasteiger partial charge in [-0.05, 0) is 12.1 Å². The molecule has 2 aromatic rings. The molecule has 0 bridgehead atoms. The van der Waals surface area contributed by atoms with E-state index >= 15 is 0 Å². The lowest BCUT2D eigenvalue weighted by atomic mass is 10.2. The number of nitrogens with zero attached hydrogens (tertiary/aromatic N) is 2. The van der Waals surface area contributed by atoms with Crippen molar-refractivity contribution in [2.75, 3.05) is 7.11 Å². The number of carbonyl (C=O) groups is 1. The van der Waals surface area contributed by atoms with Crippen LogP contribution in [0.2, 0.25) is 0 Å². The fourth-order valence-corrected chi connectivity index (χ4v) is 2.17. The molecule has 0 radical (unpaired) electrons. The molecule has 7 heteroatoms. The molecule has 0 saturated carbocycles. The Labute approximate surface area is 120 Å². The molecule has 0 saturated heterocycles. The van der Waals surface area contributed by atoms with Gasteiger partial charge in [0.05, 0.1) is 7.11 Å². The highest BCUT2D eigenvalue weighted by atomic mass is 32.1. The number of ether oxygens (including phenoxy) is 2. The van der Waals surface area contributed by atoms with Gasteiger partial charge in [-0.25, -0.2) is 4.79 Å². The Balaban J connectivity index is 2.32. The average Bonchev–Trinajstić information content (AvgIpc) is 2.87. The zero-order valence-corrected chi connectivity index (χ0v) is 12.1. The molecule has 0 aliphatic heterocycles. The lowest BCUT2D eigenvalue weighted by Gasteiger charge is -2.07. The van der Waals surface area contributed by atoms with E-state index in [-0.39, 0.29) is 17.2 Å². The lowest BCUT2D eigenvalue weighted by molar-refractivity contribution is 0.0694. The van der Waals surface area contributed by atoms with Crippen molar-refractivity contribution >= 4 is 17.5 Å². The van der Waals surface area contributed by atoms with E-state index in [1.165, 1.54) is 19.2 Å². The third-order valence-corrected chi connectivity index (χ3v) is 3.17. The fourth-order valence-electron chi connectivity index (χ4n) is 1.48. The van der Waals surface area contributed by atoms with Gasteiger partial charge >= 0.3 is 5.97 Å². The summed E-state index contributed by atoms with van der Waals surface area (Å²) in [6, 6.07) is 4.51. The van der Waals surface area contributed by atoms with Gasteiger partial charge in [-0.3, -0.25) is 0 Å². The predicted molar refractivity (Wildman–Crippen MR) is 74.0 cm³/mol. The number of rotatable bonds is 5. The summed E-state index contributed by atoms with van der Waals surface area (Å²) in [5.41, 5.74) is 0.0482. The summed E-state index contributed by atoms with van der Waals surface area (Å²) in [5, 5.41) is 9.46. The summed E-state index contributed by atoms with van der Waals surface area (Å²) in [6.45, 7) is 3.94. The van der Waals surface area contributed by atoms with Crippen LogP contribution in [0.1, 0.15) is 35.9 Å². The molecule has 6 nitrogen and oxygen atoms in total. The zero-order valence-electron chi connectivity index (χ0n) is 11.3. The minimum absolute atomic E-state index is 0.0482. The molecule has 0 fully saturated rings. The van der Waals surface area contributed by atoms with Gasteiger partial charge in [0.25, 0.3) is 5.19 Å². The van der Waals surface area contributed by atoms with Crippen molar-refractivity contribution in [2.24, 2.45) is 0 Å². The third-order valence-electron chi connectivity index (χ3n) is 2.56. The highest BCUT2D eigenvalue weighted by molar-refractivity contribution is 7.07. The summed E-state index contributed by atoms with van der Waals surface area (Å²) in [5.74, 6) is 0.482. The maximum atomic E-state index is 11.2. The average molecular weight is 294 g/mol. The van der Waals surface area contributed by atoms with Crippen molar-refractivity contribution in [3.8, 4) is 16.7 Å².